The van der Waals surface area contributed by atoms with Gasteiger partial charge in [-0.2, -0.15) is 0 Å². The molecule has 1 amide bonds. The number of rotatable bonds is 8. The van der Waals surface area contributed by atoms with E-state index in [2.05, 4.69) is 4.72 Å². The van der Waals surface area contributed by atoms with Crippen molar-refractivity contribution in [3.63, 3.8) is 0 Å². The molecule has 0 spiro atoms. The molecule has 1 atom stereocenters. The van der Waals surface area contributed by atoms with E-state index in [0.717, 1.165) is 24.3 Å². The van der Waals surface area contributed by atoms with Crippen molar-refractivity contribution in [3.8, 4) is 0 Å². The van der Waals surface area contributed by atoms with Gasteiger partial charge in [-0.1, -0.05) is 0 Å². The molecule has 1 aliphatic heterocycles. The van der Waals surface area contributed by atoms with Gasteiger partial charge in [0.05, 0.1) is 18.1 Å². The SMILES string of the molecule is C[C@@H](OC(=O)CCCNS(=O)(=O)c1ccc(F)cc1)C(=O)N1CCOCC1. The largest absolute Gasteiger partial charge is 0.453 e. The zero-order chi connectivity index (χ0) is 19.9. The third-order valence-electron chi connectivity index (χ3n) is 3.95. The summed E-state index contributed by atoms with van der Waals surface area (Å²) in [5, 5.41) is 0. The number of nitrogens with one attached hydrogen (secondary N) is 1. The number of hydrogen-bond donors (Lipinski definition) is 1. The summed E-state index contributed by atoms with van der Waals surface area (Å²) in [6.07, 6.45) is -0.726. The molecular formula is C17H23FN2O6S. The van der Waals surface area contributed by atoms with E-state index >= 15 is 0 Å². The van der Waals surface area contributed by atoms with Crippen LogP contribution in [-0.4, -0.2) is 64.1 Å². The zero-order valence-electron chi connectivity index (χ0n) is 15.0. The third kappa shape index (κ3) is 6.56. The number of morpholine rings is 1. The number of halogens is 1. The van der Waals surface area contributed by atoms with Gasteiger partial charge in [-0.3, -0.25) is 9.59 Å². The van der Waals surface area contributed by atoms with Gasteiger partial charge < -0.3 is 14.4 Å². The first-order valence-electron chi connectivity index (χ1n) is 8.61. The van der Waals surface area contributed by atoms with E-state index in [0.29, 0.717) is 26.3 Å². The molecule has 2 rings (SSSR count). The summed E-state index contributed by atoms with van der Waals surface area (Å²) in [6.45, 7) is 3.37. The molecule has 1 heterocycles. The van der Waals surface area contributed by atoms with Crippen molar-refractivity contribution in [1.82, 2.24) is 9.62 Å². The smallest absolute Gasteiger partial charge is 0.306 e. The van der Waals surface area contributed by atoms with E-state index in [1.807, 2.05) is 0 Å². The summed E-state index contributed by atoms with van der Waals surface area (Å²) in [5.41, 5.74) is 0. The topological polar surface area (TPSA) is 102 Å². The molecule has 0 unspecified atom stereocenters. The Balaban J connectivity index is 1.70. The second-order valence-corrected chi connectivity index (χ2v) is 7.79. The van der Waals surface area contributed by atoms with Gasteiger partial charge in [-0.25, -0.2) is 17.5 Å². The van der Waals surface area contributed by atoms with Crippen LogP contribution in [0.25, 0.3) is 0 Å². The average molecular weight is 402 g/mol. The Labute approximate surface area is 157 Å². The second-order valence-electron chi connectivity index (χ2n) is 6.02. The lowest BCUT2D eigenvalue weighted by Crippen LogP contribution is -2.46. The maximum absolute atomic E-state index is 12.9. The number of ether oxygens (including phenoxy) is 2. The molecule has 0 radical (unpaired) electrons. The molecule has 0 bridgehead atoms. The molecular weight excluding hydrogens is 379 g/mol. The Bertz CT molecular complexity index is 747. The Morgan fingerprint density at radius 1 is 1.26 bits per heavy atom. The Hall–Kier alpha value is -2.04. The van der Waals surface area contributed by atoms with E-state index in [9.17, 15) is 22.4 Å². The van der Waals surface area contributed by atoms with E-state index in [1.54, 1.807) is 4.90 Å². The van der Waals surface area contributed by atoms with Crippen LogP contribution in [0.5, 0.6) is 0 Å². The van der Waals surface area contributed by atoms with Crippen LogP contribution in [0.4, 0.5) is 4.39 Å². The highest BCUT2D eigenvalue weighted by Gasteiger charge is 2.25. The van der Waals surface area contributed by atoms with Gasteiger partial charge in [0, 0.05) is 26.1 Å². The molecule has 1 aromatic rings. The number of hydrogen-bond acceptors (Lipinski definition) is 6. The van der Waals surface area contributed by atoms with Gasteiger partial charge in [0.25, 0.3) is 5.91 Å². The number of benzene rings is 1. The number of sulfonamides is 1. The van der Waals surface area contributed by atoms with Gasteiger partial charge in [0.15, 0.2) is 6.10 Å². The number of esters is 1. The van der Waals surface area contributed by atoms with Crippen LogP contribution >= 0.6 is 0 Å². The van der Waals surface area contributed by atoms with E-state index < -0.39 is 27.9 Å². The highest BCUT2D eigenvalue weighted by atomic mass is 32.2. The number of carbonyl (C=O) groups is 2. The lowest BCUT2D eigenvalue weighted by atomic mass is 10.3. The minimum atomic E-state index is -3.77. The second kappa shape index (κ2) is 9.77. The summed E-state index contributed by atoms with van der Waals surface area (Å²) >= 11 is 0. The lowest BCUT2D eigenvalue weighted by Gasteiger charge is -2.28. The van der Waals surface area contributed by atoms with Crippen molar-refractivity contribution in [1.29, 1.82) is 0 Å². The Morgan fingerprint density at radius 3 is 2.52 bits per heavy atom. The molecule has 8 nitrogen and oxygen atoms in total. The first-order chi connectivity index (χ1) is 12.8. The van der Waals surface area contributed by atoms with Crippen molar-refractivity contribution in [3.05, 3.63) is 30.1 Å². The summed E-state index contributed by atoms with van der Waals surface area (Å²) in [5.74, 6) is -1.38. The van der Waals surface area contributed by atoms with Gasteiger partial charge in [0.2, 0.25) is 10.0 Å². The molecule has 150 valence electrons. The Kier molecular flexibility index (Phi) is 7.69. The third-order valence-corrected chi connectivity index (χ3v) is 5.43. The van der Waals surface area contributed by atoms with Crippen molar-refractivity contribution < 1.29 is 31.9 Å². The molecule has 1 fully saturated rings. The summed E-state index contributed by atoms with van der Waals surface area (Å²) < 4.78 is 49.5. The van der Waals surface area contributed by atoms with E-state index in [1.165, 1.54) is 6.92 Å². The van der Waals surface area contributed by atoms with Crippen LogP contribution < -0.4 is 4.72 Å². The number of amides is 1. The van der Waals surface area contributed by atoms with E-state index in [4.69, 9.17) is 9.47 Å². The monoisotopic (exact) mass is 402 g/mol. The summed E-state index contributed by atoms with van der Waals surface area (Å²) in [4.78, 5) is 25.5. The maximum Gasteiger partial charge on any atom is 0.306 e. The first-order valence-corrected chi connectivity index (χ1v) is 10.1. The molecule has 0 aliphatic carbocycles. The standard InChI is InChI=1S/C17H23FN2O6S/c1-13(17(22)20-9-11-25-12-10-20)26-16(21)3-2-8-19-27(23,24)15-6-4-14(18)5-7-15/h4-7,13,19H,2-3,8-12H2,1H3/t13-/m1/s1. The highest BCUT2D eigenvalue weighted by Crippen LogP contribution is 2.10. The minimum Gasteiger partial charge on any atom is -0.453 e. The molecule has 1 aliphatic rings. The molecule has 27 heavy (non-hydrogen) atoms. The fraction of sp³-hybridized carbons (Fsp3) is 0.529. The lowest BCUT2D eigenvalue weighted by molar-refractivity contribution is -0.160. The van der Waals surface area contributed by atoms with Crippen LogP contribution in [-0.2, 0) is 29.1 Å². The van der Waals surface area contributed by atoms with Crippen molar-refractivity contribution in [2.45, 2.75) is 30.8 Å². The molecule has 1 N–H and O–H groups in total. The predicted molar refractivity (Wildman–Crippen MR) is 93.8 cm³/mol. The van der Waals surface area contributed by atoms with Crippen molar-refractivity contribution in [2.24, 2.45) is 0 Å². The quantitative estimate of drug-likeness (QED) is 0.507. The van der Waals surface area contributed by atoms with Crippen LogP contribution in [0.3, 0.4) is 0 Å². The fourth-order valence-corrected chi connectivity index (χ4v) is 3.56. The van der Waals surface area contributed by atoms with Crippen LogP contribution in [0, 0.1) is 5.82 Å². The van der Waals surface area contributed by atoms with Crippen LogP contribution in [0.15, 0.2) is 29.2 Å². The number of nitrogens with zero attached hydrogens (tertiary/aromatic N) is 1. The minimum absolute atomic E-state index is 0.0145. The first kappa shape index (κ1) is 21.3. The predicted octanol–water partition coefficient (Wildman–Crippen LogP) is 0.675. The van der Waals surface area contributed by atoms with Gasteiger partial charge in [-0.15, -0.1) is 0 Å². The van der Waals surface area contributed by atoms with Crippen LogP contribution in [0.2, 0.25) is 0 Å². The maximum atomic E-state index is 12.9. The highest BCUT2D eigenvalue weighted by molar-refractivity contribution is 7.89. The van der Waals surface area contributed by atoms with Crippen molar-refractivity contribution >= 4 is 21.9 Å². The van der Waals surface area contributed by atoms with Crippen LogP contribution in [0.1, 0.15) is 19.8 Å². The number of carbonyl (C=O) groups excluding carboxylic acids is 2. The fourth-order valence-electron chi connectivity index (χ4n) is 2.48. The zero-order valence-corrected chi connectivity index (χ0v) is 15.8. The Morgan fingerprint density at radius 2 is 1.89 bits per heavy atom. The molecule has 0 saturated carbocycles. The summed E-state index contributed by atoms with van der Waals surface area (Å²) in [7, 11) is -3.77. The average Bonchev–Trinajstić information content (AvgIpc) is 2.65. The molecule has 1 saturated heterocycles. The van der Waals surface area contributed by atoms with Gasteiger partial charge in [-0.05, 0) is 37.6 Å². The molecule has 1 aromatic carbocycles. The van der Waals surface area contributed by atoms with Gasteiger partial charge >= 0.3 is 5.97 Å². The normalized spacial score (nSPS) is 16.0. The molecule has 0 aromatic heterocycles. The van der Waals surface area contributed by atoms with Crippen molar-refractivity contribution in [2.75, 3.05) is 32.8 Å². The summed E-state index contributed by atoms with van der Waals surface area (Å²) in [6, 6.07) is 4.42. The molecule has 10 heteroatoms. The van der Waals surface area contributed by atoms with E-state index in [-0.39, 0.29) is 30.2 Å². The van der Waals surface area contributed by atoms with Gasteiger partial charge in [0.1, 0.15) is 5.82 Å².